The molecule has 0 bridgehead atoms. The molecule has 2 heterocycles. The number of carbonyl (C=O) groups is 2. The minimum Gasteiger partial charge on any atom is -0.352 e. The molecule has 1 aliphatic rings. The highest BCUT2D eigenvalue weighted by Gasteiger charge is 2.19. The molecule has 0 spiro atoms. The Morgan fingerprint density at radius 3 is 2.81 bits per heavy atom. The average Bonchev–Trinajstić information content (AvgIpc) is 3.25. The predicted molar refractivity (Wildman–Crippen MR) is 106 cm³/mol. The highest BCUT2D eigenvalue weighted by Crippen LogP contribution is 2.26. The van der Waals surface area contributed by atoms with Crippen molar-refractivity contribution >= 4 is 34.9 Å². The second kappa shape index (κ2) is 9.19. The van der Waals surface area contributed by atoms with E-state index in [1.807, 2.05) is 36.1 Å². The third-order valence-corrected chi connectivity index (χ3v) is 6.45. The largest absolute Gasteiger partial charge is 0.352 e. The molecule has 138 valence electrons. The summed E-state index contributed by atoms with van der Waals surface area (Å²) in [6, 6.07) is 7.71. The summed E-state index contributed by atoms with van der Waals surface area (Å²) < 4.78 is 1.07. The average molecular weight is 390 g/mol. The third kappa shape index (κ3) is 5.32. The molecule has 26 heavy (non-hydrogen) atoms. The number of aryl methyl sites for hydroxylation is 1. The van der Waals surface area contributed by atoms with Crippen LogP contribution in [-0.4, -0.2) is 41.3 Å². The van der Waals surface area contributed by atoms with Gasteiger partial charge in [0.2, 0.25) is 5.91 Å². The number of thioether (sulfide) groups is 1. The molecule has 2 aromatic rings. The molecule has 0 unspecified atom stereocenters. The number of amides is 2. The standard InChI is InChI=1S/C19H23N3O2S2/c1-14-12-25-19(21-14)26-13-15-5-7-16(8-6-15)18(24)20-9-3-11-22-10-2-4-17(22)23/h5-8,12H,2-4,9-11,13H2,1H3,(H,20,24). The summed E-state index contributed by atoms with van der Waals surface area (Å²) >= 11 is 3.37. The Morgan fingerprint density at radius 2 is 2.15 bits per heavy atom. The quantitative estimate of drug-likeness (QED) is 0.555. The van der Waals surface area contributed by atoms with E-state index in [1.165, 1.54) is 5.56 Å². The molecule has 0 saturated carbocycles. The van der Waals surface area contributed by atoms with Gasteiger partial charge in [-0.05, 0) is 37.5 Å². The molecule has 7 heteroatoms. The monoisotopic (exact) mass is 389 g/mol. The van der Waals surface area contributed by atoms with Gasteiger partial charge < -0.3 is 10.2 Å². The highest BCUT2D eigenvalue weighted by atomic mass is 32.2. The van der Waals surface area contributed by atoms with Crippen LogP contribution in [0.15, 0.2) is 34.0 Å². The molecule has 1 aromatic carbocycles. The number of likely N-dealkylation sites (tertiary alicyclic amines) is 1. The third-order valence-electron chi connectivity index (χ3n) is 4.24. The van der Waals surface area contributed by atoms with E-state index in [1.54, 1.807) is 23.1 Å². The maximum Gasteiger partial charge on any atom is 0.251 e. The number of thiazole rings is 1. The van der Waals surface area contributed by atoms with E-state index in [0.717, 1.165) is 41.7 Å². The van der Waals surface area contributed by atoms with E-state index >= 15 is 0 Å². The minimum atomic E-state index is -0.0625. The van der Waals surface area contributed by atoms with Crippen molar-refractivity contribution in [3.8, 4) is 0 Å². The Hall–Kier alpha value is -1.86. The van der Waals surface area contributed by atoms with E-state index in [2.05, 4.69) is 15.7 Å². The van der Waals surface area contributed by atoms with Crippen LogP contribution >= 0.6 is 23.1 Å². The number of carbonyl (C=O) groups excluding carboxylic acids is 2. The predicted octanol–water partition coefficient (Wildman–Crippen LogP) is 3.49. The van der Waals surface area contributed by atoms with Crippen LogP contribution in [0.2, 0.25) is 0 Å². The number of nitrogens with zero attached hydrogens (tertiary/aromatic N) is 2. The zero-order valence-corrected chi connectivity index (χ0v) is 16.5. The Bertz CT molecular complexity index is 758. The van der Waals surface area contributed by atoms with Gasteiger partial charge in [-0.25, -0.2) is 4.98 Å². The summed E-state index contributed by atoms with van der Waals surface area (Å²) in [5.41, 5.74) is 2.90. The second-order valence-corrected chi connectivity index (χ2v) is 8.41. The molecule has 3 rings (SSSR count). The molecule has 1 N–H and O–H groups in total. The summed E-state index contributed by atoms with van der Waals surface area (Å²) in [6.07, 6.45) is 2.41. The molecule has 0 atom stereocenters. The topological polar surface area (TPSA) is 62.3 Å². The van der Waals surface area contributed by atoms with Crippen molar-refractivity contribution in [2.75, 3.05) is 19.6 Å². The molecule has 5 nitrogen and oxygen atoms in total. The Balaban J connectivity index is 1.39. The normalized spacial score (nSPS) is 14.0. The summed E-state index contributed by atoms with van der Waals surface area (Å²) in [7, 11) is 0. The second-order valence-electron chi connectivity index (χ2n) is 6.33. The van der Waals surface area contributed by atoms with Gasteiger partial charge in [-0.15, -0.1) is 11.3 Å². The van der Waals surface area contributed by atoms with Gasteiger partial charge in [-0.1, -0.05) is 23.9 Å². The van der Waals surface area contributed by atoms with Gasteiger partial charge in [0.15, 0.2) is 0 Å². The summed E-state index contributed by atoms with van der Waals surface area (Å²) in [5, 5.41) is 4.98. The lowest BCUT2D eigenvalue weighted by Crippen LogP contribution is -2.30. The number of benzene rings is 1. The zero-order chi connectivity index (χ0) is 18.4. The van der Waals surface area contributed by atoms with Gasteiger partial charge in [0.05, 0.1) is 0 Å². The van der Waals surface area contributed by atoms with Crippen LogP contribution < -0.4 is 5.32 Å². The van der Waals surface area contributed by atoms with Crippen molar-refractivity contribution in [2.45, 2.75) is 36.3 Å². The van der Waals surface area contributed by atoms with Gasteiger partial charge in [0.25, 0.3) is 5.91 Å². The first-order valence-electron chi connectivity index (χ1n) is 8.81. The van der Waals surface area contributed by atoms with Gasteiger partial charge in [-0.2, -0.15) is 0 Å². The van der Waals surface area contributed by atoms with E-state index in [0.29, 0.717) is 18.5 Å². The molecule has 1 aliphatic heterocycles. The number of aromatic nitrogens is 1. The Kier molecular flexibility index (Phi) is 6.68. The van der Waals surface area contributed by atoms with E-state index in [9.17, 15) is 9.59 Å². The van der Waals surface area contributed by atoms with Gasteiger partial charge in [-0.3, -0.25) is 9.59 Å². The summed E-state index contributed by atoms with van der Waals surface area (Å²) in [6.45, 7) is 4.17. The van der Waals surface area contributed by atoms with Gasteiger partial charge >= 0.3 is 0 Å². The maximum absolute atomic E-state index is 12.2. The van der Waals surface area contributed by atoms with Crippen LogP contribution in [0.1, 0.15) is 40.9 Å². The summed E-state index contributed by atoms with van der Waals surface area (Å²) in [4.78, 5) is 30.0. The van der Waals surface area contributed by atoms with E-state index in [4.69, 9.17) is 0 Å². The lowest BCUT2D eigenvalue weighted by Gasteiger charge is -2.15. The molecule has 0 aliphatic carbocycles. The number of hydrogen-bond acceptors (Lipinski definition) is 5. The lowest BCUT2D eigenvalue weighted by atomic mass is 10.1. The number of rotatable bonds is 8. The van der Waals surface area contributed by atoms with Crippen LogP contribution in [0.4, 0.5) is 0 Å². The smallest absolute Gasteiger partial charge is 0.251 e. The molecule has 1 saturated heterocycles. The molecule has 1 aromatic heterocycles. The molecule has 2 amide bonds. The van der Waals surface area contributed by atoms with Crippen molar-refractivity contribution in [1.29, 1.82) is 0 Å². The van der Waals surface area contributed by atoms with E-state index < -0.39 is 0 Å². The first-order chi connectivity index (χ1) is 12.6. The molecule has 1 fully saturated rings. The van der Waals surface area contributed by atoms with Crippen molar-refractivity contribution < 1.29 is 9.59 Å². The number of hydrogen-bond donors (Lipinski definition) is 1. The van der Waals surface area contributed by atoms with Crippen molar-refractivity contribution in [2.24, 2.45) is 0 Å². The lowest BCUT2D eigenvalue weighted by molar-refractivity contribution is -0.127. The van der Waals surface area contributed by atoms with Crippen molar-refractivity contribution in [3.05, 3.63) is 46.5 Å². The first kappa shape index (κ1) is 18.9. The fraction of sp³-hybridized carbons (Fsp3) is 0.421. The molecular weight excluding hydrogens is 366 g/mol. The Morgan fingerprint density at radius 1 is 1.35 bits per heavy atom. The minimum absolute atomic E-state index is 0.0625. The van der Waals surface area contributed by atoms with Crippen LogP contribution in [0.5, 0.6) is 0 Å². The number of nitrogens with one attached hydrogen (secondary N) is 1. The highest BCUT2D eigenvalue weighted by molar-refractivity contribution is 8.00. The zero-order valence-electron chi connectivity index (χ0n) is 14.9. The van der Waals surface area contributed by atoms with E-state index in [-0.39, 0.29) is 11.8 Å². The first-order valence-corrected chi connectivity index (χ1v) is 10.7. The molecular formula is C19H23N3O2S2. The summed E-state index contributed by atoms with van der Waals surface area (Å²) in [5.74, 6) is 1.02. The fourth-order valence-corrected chi connectivity index (χ4v) is 4.62. The fourth-order valence-electron chi connectivity index (χ4n) is 2.81. The maximum atomic E-state index is 12.2. The van der Waals surface area contributed by atoms with Gasteiger partial charge in [0, 0.05) is 48.4 Å². The molecule has 0 radical (unpaired) electrons. The van der Waals surface area contributed by atoms with Crippen LogP contribution in [0, 0.1) is 6.92 Å². The van der Waals surface area contributed by atoms with Crippen molar-refractivity contribution in [1.82, 2.24) is 15.2 Å². The SMILES string of the molecule is Cc1csc(SCc2ccc(C(=O)NCCCN3CCCC3=O)cc2)n1. The van der Waals surface area contributed by atoms with Crippen LogP contribution in [-0.2, 0) is 10.5 Å². The van der Waals surface area contributed by atoms with Crippen molar-refractivity contribution in [3.63, 3.8) is 0 Å². The Labute approximate surface area is 162 Å². The van der Waals surface area contributed by atoms with Crippen LogP contribution in [0.25, 0.3) is 0 Å². The van der Waals surface area contributed by atoms with Crippen LogP contribution in [0.3, 0.4) is 0 Å². The van der Waals surface area contributed by atoms with Gasteiger partial charge in [0.1, 0.15) is 4.34 Å².